The van der Waals surface area contributed by atoms with Crippen molar-refractivity contribution >= 4 is 33.3 Å². The monoisotopic (exact) mass is 352 g/mol. The SMILES string of the molecule is CCNc1cncc(C(=O)Nc2cc(Br)c(F)cc2C)n1. The van der Waals surface area contributed by atoms with Crippen LogP contribution in [-0.2, 0) is 0 Å². The van der Waals surface area contributed by atoms with Crippen molar-refractivity contribution in [2.45, 2.75) is 13.8 Å². The van der Waals surface area contributed by atoms with Crippen molar-refractivity contribution in [2.24, 2.45) is 0 Å². The topological polar surface area (TPSA) is 66.9 Å². The van der Waals surface area contributed by atoms with E-state index >= 15 is 0 Å². The molecule has 0 saturated carbocycles. The third-order valence-corrected chi connectivity index (χ3v) is 3.35. The maximum absolute atomic E-state index is 13.4. The average molecular weight is 353 g/mol. The van der Waals surface area contributed by atoms with Gasteiger partial charge in [-0.1, -0.05) is 0 Å². The van der Waals surface area contributed by atoms with E-state index in [9.17, 15) is 9.18 Å². The fourth-order valence-electron chi connectivity index (χ4n) is 1.71. The summed E-state index contributed by atoms with van der Waals surface area (Å²) in [5, 5.41) is 5.68. The molecule has 2 aromatic rings. The van der Waals surface area contributed by atoms with Crippen LogP contribution in [0.1, 0.15) is 23.0 Å². The zero-order chi connectivity index (χ0) is 15.4. The zero-order valence-electron chi connectivity index (χ0n) is 11.6. The molecule has 1 heterocycles. The summed E-state index contributed by atoms with van der Waals surface area (Å²) in [5.74, 6) is -0.245. The number of rotatable bonds is 4. The van der Waals surface area contributed by atoms with E-state index in [1.54, 1.807) is 13.1 Å². The first-order chi connectivity index (χ1) is 10.0. The predicted molar refractivity (Wildman–Crippen MR) is 83.0 cm³/mol. The molecule has 0 unspecified atom stereocenters. The molecule has 0 radical (unpaired) electrons. The number of carbonyl (C=O) groups is 1. The minimum atomic E-state index is -0.399. The number of aryl methyl sites for hydroxylation is 1. The standard InChI is InChI=1S/C14H14BrFN4O/c1-3-18-13-7-17-6-12(19-13)14(21)20-11-5-9(15)10(16)4-8(11)2/h4-7H,3H2,1-2H3,(H,18,19)(H,20,21). The van der Waals surface area contributed by atoms with E-state index < -0.39 is 5.91 Å². The van der Waals surface area contributed by atoms with Crippen LogP contribution in [0.4, 0.5) is 15.9 Å². The summed E-state index contributed by atoms with van der Waals surface area (Å²) in [6.07, 6.45) is 2.92. The Morgan fingerprint density at radius 2 is 2.14 bits per heavy atom. The van der Waals surface area contributed by atoms with Crippen LogP contribution in [-0.4, -0.2) is 22.4 Å². The minimum Gasteiger partial charge on any atom is -0.369 e. The maximum atomic E-state index is 13.4. The van der Waals surface area contributed by atoms with Crippen molar-refractivity contribution in [3.8, 4) is 0 Å². The van der Waals surface area contributed by atoms with Crippen LogP contribution in [0.2, 0.25) is 0 Å². The van der Waals surface area contributed by atoms with Crippen LogP contribution in [0, 0.1) is 12.7 Å². The molecule has 7 heteroatoms. The first-order valence-corrected chi connectivity index (χ1v) is 7.13. The molecule has 0 aliphatic carbocycles. The normalized spacial score (nSPS) is 10.3. The van der Waals surface area contributed by atoms with Gasteiger partial charge in [-0.25, -0.2) is 9.37 Å². The Kier molecular flexibility index (Phi) is 4.85. The molecule has 0 atom stereocenters. The number of anilines is 2. The van der Waals surface area contributed by atoms with E-state index in [4.69, 9.17) is 0 Å². The molecule has 0 aliphatic rings. The Morgan fingerprint density at radius 3 is 2.86 bits per heavy atom. The van der Waals surface area contributed by atoms with Gasteiger partial charge in [-0.15, -0.1) is 0 Å². The third kappa shape index (κ3) is 3.75. The molecule has 0 spiro atoms. The van der Waals surface area contributed by atoms with E-state index in [1.165, 1.54) is 18.3 Å². The number of amides is 1. The van der Waals surface area contributed by atoms with E-state index in [1.807, 2.05) is 6.92 Å². The van der Waals surface area contributed by atoms with Crippen LogP contribution in [0.3, 0.4) is 0 Å². The number of carbonyl (C=O) groups excluding carboxylic acids is 1. The van der Waals surface area contributed by atoms with Gasteiger partial charge in [-0.05, 0) is 47.5 Å². The number of benzene rings is 1. The van der Waals surface area contributed by atoms with Crippen molar-refractivity contribution in [2.75, 3.05) is 17.2 Å². The molecule has 110 valence electrons. The zero-order valence-corrected chi connectivity index (χ0v) is 13.2. The van der Waals surface area contributed by atoms with Gasteiger partial charge in [0, 0.05) is 12.2 Å². The summed E-state index contributed by atoms with van der Waals surface area (Å²) in [5.41, 5.74) is 1.33. The van der Waals surface area contributed by atoms with Gasteiger partial charge in [0.1, 0.15) is 17.3 Å². The fourth-order valence-corrected chi connectivity index (χ4v) is 2.05. The number of hydrogen-bond acceptors (Lipinski definition) is 4. The molecular weight excluding hydrogens is 339 g/mol. The first kappa shape index (κ1) is 15.4. The quantitative estimate of drug-likeness (QED) is 0.885. The molecule has 0 fully saturated rings. The highest BCUT2D eigenvalue weighted by molar-refractivity contribution is 9.10. The highest BCUT2D eigenvalue weighted by atomic mass is 79.9. The van der Waals surface area contributed by atoms with Gasteiger partial charge in [0.05, 0.1) is 16.9 Å². The average Bonchev–Trinajstić information content (AvgIpc) is 2.45. The minimum absolute atomic E-state index is 0.188. The van der Waals surface area contributed by atoms with Gasteiger partial charge in [-0.3, -0.25) is 9.78 Å². The Bertz CT molecular complexity index is 678. The molecule has 0 aliphatic heterocycles. The Balaban J connectivity index is 2.22. The summed E-state index contributed by atoms with van der Waals surface area (Å²) in [4.78, 5) is 20.3. The van der Waals surface area contributed by atoms with Gasteiger partial charge in [0.2, 0.25) is 0 Å². The van der Waals surface area contributed by atoms with Gasteiger partial charge in [0.15, 0.2) is 0 Å². The second-order valence-electron chi connectivity index (χ2n) is 4.36. The molecule has 1 aromatic heterocycles. The number of halogens is 2. The van der Waals surface area contributed by atoms with Crippen LogP contribution >= 0.6 is 15.9 Å². The van der Waals surface area contributed by atoms with E-state index in [-0.39, 0.29) is 16.0 Å². The molecule has 5 nitrogen and oxygen atoms in total. The van der Waals surface area contributed by atoms with Crippen molar-refractivity contribution < 1.29 is 9.18 Å². The number of nitrogens with one attached hydrogen (secondary N) is 2. The van der Waals surface area contributed by atoms with Crippen molar-refractivity contribution in [3.63, 3.8) is 0 Å². The van der Waals surface area contributed by atoms with Crippen molar-refractivity contribution in [3.05, 3.63) is 46.1 Å². The second kappa shape index (κ2) is 6.62. The van der Waals surface area contributed by atoms with Gasteiger partial charge in [-0.2, -0.15) is 0 Å². The van der Waals surface area contributed by atoms with Gasteiger partial charge >= 0.3 is 0 Å². The lowest BCUT2D eigenvalue weighted by Crippen LogP contribution is -2.16. The molecule has 21 heavy (non-hydrogen) atoms. The molecule has 2 rings (SSSR count). The van der Waals surface area contributed by atoms with Gasteiger partial charge < -0.3 is 10.6 Å². The fraction of sp³-hybridized carbons (Fsp3) is 0.214. The van der Waals surface area contributed by atoms with Crippen LogP contribution in [0.5, 0.6) is 0 Å². The highest BCUT2D eigenvalue weighted by Crippen LogP contribution is 2.24. The Labute approximate surface area is 130 Å². The number of nitrogens with zero attached hydrogens (tertiary/aromatic N) is 2. The lowest BCUT2D eigenvalue weighted by molar-refractivity contribution is 0.102. The molecule has 1 amide bonds. The maximum Gasteiger partial charge on any atom is 0.275 e. The van der Waals surface area contributed by atoms with E-state index in [0.717, 1.165) is 0 Å². The smallest absolute Gasteiger partial charge is 0.275 e. The first-order valence-electron chi connectivity index (χ1n) is 6.34. The number of aromatic nitrogens is 2. The Morgan fingerprint density at radius 1 is 1.38 bits per heavy atom. The molecule has 2 N–H and O–H groups in total. The largest absolute Gasteiger partial charge is 0.369 e. The van der Waals surface area contributed by atoms with Crippen LogP contribution in [0.25, 0.3) is 0 Å². The molecule has 1 aromatic carbocycles. The predicted octanol–water partition coefficient (Wildman–Crippen LogP) is 3.37. The number of hydrogen-bond donors (Lipinski definition) is 2. The summed E-state index contributed by atoms with van der Waals surface area (Å²) in [7, 11) is 0. The summed E-state index contributed by atoms with van der Waals surface area (Å²) in [6.45, 7) is 4.32. The van der Waals surface area contributed by atoms with Crippen LogP contribution in [0.15, 0.2) is 29.0 Å². The second-order valence-corrected chi connectivity index (χ2v) is 5.21. The van der Waals surface area contributed by atoms with Gasteiger partial charge in [0.25, 0.3) is 5.91 Å². The third-order valence-electron chi connectivity index (χ3n) is 2.74. The van der Waals surface area contributed by atoms with E-state index in [2.05, 4.69) is 36.5 Å². The summed E-state index contributed by atoms with van der Waals surface area (Å²) in [6, 6.07) is 2.87. The van der Waals surface area contributed by atoms with Crippen LogP contribution < -0.4 is 10.6 Å². The molecule has 0 saturated heterocycles. The van der Waals surface area contributed by atoms with E-state index in [0.29, 0.717) is 23.6 Å². The highest BCUT2D eigenvalue weighted by Gasteiger charge is 2.12. The molecular formula is C14H14BrFN4O. The summed E-state index contributed by atoms with van der Waals surface area (Å²) < 4.78 is 13.7. The lowest BCUT2D eigenvalue weighted by atomic mass is 10.2. The summed E-state index contributed by atoms with van der Waals surface area (Å²) >= 11 is 3.09. The molecule has 0 bridgehead atoms. The van der Waals surface area contributed by atoms with Crippen molar-refractivity contribution in [1.29, 1.82) is 0 Å². The lowest BCUT2D eigenvalue weighted by Gasteiger charge is -2.10. The van der Waals surface area contributed by atoms with Crippen molar-refractivity contribution in [1.82, 2.24) is 9.97 Å². The Hall–Kier alpha value is -2.02.